The van der Waals surface area contributed by atoms with Gasteiger partial charge < -0.3 is 14.8 Å². The monoisotopic (exact) mass is 350 g/mol. The Morgan fingerprint density at radius 1 is 1.12 bits per heavy atom. The molecule has 134 valence electrons. The Morgan fingerprint density at radius 3 is 2.35 bits per heavy atom. The lowest BCUT2D eigenvalue weighted by Gasteiger charge is -2.15. The average molecular weight is 350 g/mol. The lowest BCUT2D eigenvalue weighted by molar-refractivity contribution is -0.114. The SMILES string of the molecule is CCc1ccc(C(=CC#N)c2ccc(OC)c(OC)c2)cc1NC(C)=O. The average Bonchev–Trinajstić information content (AvgIpc) is 2.65. The second kappa shape index (κ2) is 8.72. The number of methoxy groups -OCH3 is 2. The molecule has 0 saturated carbocycles. The lowest BCUT2D eigenvalue weighted by Crippen LogP contribution is -2.08. The van der Waals surface area contributed by atoms with Gasteiger partial charge in [-0.15, -0.1) is 0 Å². The van der Waals surface area contributed by atoms with Crippen molar-refractivity contribution in [3.8, 4) is 17.6 Å². The second-order valence-electron chi connectivity index (χ2n) is 5.66. The van der Waals surface area contributed by atoms with E-state index < -0.39 is 0 Å². The summed E-state index contributed by atoms with van der Waals surface area (Å²) in [4.78, 5) is 11.5. The van der Waals surface area contributed by atoms with E-state index in [2.05, 4.69) is 11.4 Å². The molecule has 0 spiro atoms. The van der Waals surface area contributed by atoms with E-state index in [-0.39, 0.29) is 5.91 Å². The number of carbonyl (C=O) groups excluding carboxylic acids is 1. The van der Waals surface area contributed by atoms with Crippen molar-refractivity contribution in [2.45, 2.75) is 20.3 Å². The first-order valence-corrected chi connectivity index (χ1v) is 8.27. The van der Waals surface area contributed by atoms with Gasteiger partial charge in [0.2, 0.25) is 5.91 Å². The smallest absolute Gasteiger partial charge is 0.221 e. The summed E-state index contributed by atoms with van der Waals surface area (Å²) in [5.41, 5.74) is 4.18. The first kappa shape index (κ1) is 19.1. The molecular formula is C21H22N2O3. The Bertz CT molecular complexity index is 879. The maximum Gasteiger partial charge on any atom is 0.221 e. The molecule has 0 aliphatic rings. The number of aryl methyl sites for hydroxylation is 1. The number of nitrogens with one attached hydrogen (secondary N) is 1. The molecule has 2 aromatic rings. The van der Waals surface area contributed by atoms with E-state index in [9.17, 15) is 10.1 Å². The van der Waals surface area contributed by atoms with Crippen molar-refractivity contribution < 1.29 is 14.3 Å². The quantitative estimate of drug-likeness (QED) is 0.793. The fourth-order valence-electron chi connectivity index (χ4n) is 2.76. The lowest BCUT2D eigenvalue weighted by atomic mass is 9.95. The number of hydrogen-bond acceptors (Lipinski definition) is 4. The number of nitriles is 1. The highest BCUT2D eigenvalue weighted by molar-refractivity contribution is 5.91. The fraction of sp³-hybridized carbons (Fsp3) is 0.238. The van der Waals surface area contributed by atoms with Crippen molar-refractivity contribution in [1.29, 1.82) is 5.26 Å². The van der Waals surface area contributed by atoms with E-state index in [1.807, 2.05) is 37.3 Å². The molecule has 0 saturated heterocycles. The third kappa shape index (κ3) is 4.22. The van der Waals surface area contributed by atoms with Crippen LogP contribution in [0, 0.1) is 11.3 Å². The van der Waals surface area contributed by atoms with Crippen LogP contribution in [-0.4, -0.2) is 20.1 Å². The van der Waals surface area contributed by atoms with Gasteiger partial charge in [-0.1, -0.05) is 25.1 Å². The number of benzene rings is 2. The van der Waals surface area contributed by atoms with Crippen molar-refractivity contribution in [2.75, 3.05) is 19.5 Å². The number of nitrogens with zero attached hydrogens (tertiary/aromatic N) is 1. The Morgan fingerprint density at radius 2 is 1.77 bits per heavy atom. The van der Waals surface area contributed by atoms with Crippen molar-refractivity contribution in [3.05, 3.63) is 59.2 Å². The molecule has 0 radical (unpaired) electrons. The molecule has 2 aromatic carbocycles. The van der Waals surface area contributed by atoms with E-state index in [0.29, 0.717) is 11.5 Å². The highest BCUT2D eigenvalue weighted by Crippen LogP contribution is 2.34. The molecular weight excluding hydrogens is 328 g/mol. The Balaban J connectivity index is 2.57. The van der Waals surface area contributed by atoms with Gasteiger partial charge in [0.25, 0.3) is 0 Å². The summed E-state index contributed by atoms with van der Waals surface area (Å²) in [6.45, 7) is 3.51. The molecule has 1 amide bonds. The van der Waals surface area contributed by atoms with Crippen LogP contribution in [0.3, 0.4) is 0 Å². The molecule has 0 aliphatic heterocycles. The van der Waals surface area contributed by atoms with Crippen molar-refractivity contribution in [2.24, 2.45) is 0 Å². The van der Waals surface area contributed by atoms with Gasteiger partial charge in [0.15, 0.2) is 11.5 Å². The predicted molar refractivity (Wildman–Crippen MR) is 102 cm³/mol. The zero-order chi connectivity index (χ0) is 19.1. The summed E-state index contributed by atoms with van der Waals surface area (Å²) in [6.07, 6.45) is 2.28. The number of amides is 1. The summed E-state index contributed by atoms with van der Waals surface area (Å²) < 4.78 is 10.6. The van der Waals surface area contributed by atoms with Gasteiger partial charge >= 0.3 is 0 Å². The van der Waals surface area contributed by atoms with Crippen LogP contribution in [0.5, 0.6) is 11.5 Å². The Labute approximate surface area is 153 Å². The Kier molecular flexibility index (Phi) is 6.40. The van der Waals surface area contributed by atoms with Gasteiger partial charge in [-0.05, 0) is 46.9 Å². The number of ether oxygens (including phenoxy) is 2. The third-order valence-electron chi connectivity index (χ3n) is 4.02. The number of rotatable bonds is 6. The maximum atomic E-state index is 11.5. The second-order valence-corrected chi connectivity index (χ2v) is 5.66. The van der Waals surface area contributed by atoms with Gasteiger partial charge in [-0.3, -0.25) is 4.79 Å². The van der Waals surface area contributed by atoms with Crippen molar-refractivity contribution in [1.82, 2.24) is 0 Å². The summed E-state index contributed by atoms with van der Waals surface area (Å²) in [5, 5.41) is 12.1. The van der Waals surface area contributed by atoms with Gasteiger partial charge in [0, 0.05) is 18.7 Å². The molecule has 0 aromatic heterocycles. The zero-order valence-electron chi connectivity index (χ0n) is 15.4. The minimum Gasteiger partial charge on any atom is -0.493 e. The van der Waals surface area contributed by atoms with Crippen LogP contribution < -0.4 is 14.8 Å². The third-order valence-corrected chi connectivity index (χ3v) is 4.02. The molecule has 5 heteroatoms. The molecule has 0 atom stereocenters. The van der Waals surface area contributed by atoms with Crippen LogP contribution in [0.1, 0.15) is 30.5 Å². The number of hydrogen-bond donors (Lipinski definition) is 1. The van der Waals surface area contributed by atoms with Crippen LogP contribution in [0.25, 0.3) is 5.57 Å². The summed E-state index contributed by atoms with van der Waals surface area (Å²) in [5.74, 6) is 1.07. The van der Waals surface area contributed by atoms with Crippen molar-refractivity contribution >= 4 is 17.2 Å². The van der Waals surface area contributed by atoms with Gasteiger partial charge in [-0.2, -0.15) is 5.26 Å². The largest absolute Gasteiger partial charge is 0.493 e. The first-order valence-electron chi connectivity index (χ1n) is 8.27. The van der Waals surface area contributed by atoms with Crippen LogP contribution >= 0.6 is 0 Å². The maximum absolute atomic E-state index is 11.5. The van der Waals surface area contributed by atoms with E-state index in [1.165, 1.54) is 13.0 Å². The molecule has 2 rings (SSSR count). The van der Waals surface area contributed by atoms with Crippen LogP contribution in [-0.2, 0) is 11.2 Å². The number of carbonyl (C=O) groups is 1. The van der Waals surface area contributed by atoms with E-state index in [1.54, 1.807) is 20.3 Å². The normalized spacial score (nSPS) is 10.8. The molecule has 0 unspecified atom stereocenters. The number of anilines is 1. The molecule has 0 fully saturated rings. The van der Waals surface area contributed by atoms with Gasteiger partial charge in [0.05, 0.1) is 20.3 Å². The first-order chi connectivity index (χ1) is 12.5. The van der Waals surface area contributed by atoms with Crippen LogP contribution in [0.2, 0.25) is 0 Å². The van der Waals surface area contributed by atoms with Crippen molar-refractivity contribution in [3.63, 3.8) is 0 Å². The summed E-state index contributed by atoms with van der Waals surface area (Å²) in [6, 6.07) is 13.4. The molecule has 0 heterocycles. The molecule has 1 N–H and O–H groups in total. The van der Waals surface area contributed by atoms with E-state index in [0.717, 1.165) is 34.4 Å². The predicted octanol–water partition coefficient (Wildman–Crippen LogP) is 4.18. The van der Waals surface area contributed by atoms with Crippen LogP contribution in [0.4, 0.5) is 5.69 Å². The molecule has 5 nitrogen and oxygen atoms in total. The Hall–Kier alpha value is -3.26. The molecule has 0 bridgehead atoms. The summed E-state index contributed by atoms with van der Waals surface area (Å²) >= 11 is 0. The zero-order valence-corrected chi connectivity index (χ0v) is 15.4. The van der Waals surface area contributed by atoms with Crippen LogP contribution in [0.15, 0.2) is 42.5 Å². The topological polar surface area (TPSA) is 71.3 Å². The van der Waals surface area contributed by atoms with Gasteiger partial charge in [0.1, 0.15) is 0 Å². The number of allylic oxidation sites excluding steroid dienone is 1. The van der Waals surface area contributed by atoms with E-state index in [4.69, 9.17) is 9.47 Å². The standard InChI is InChI=1S/C21H22N2O3/c1-5-15-6-7-16(12-19(15)23-14(2)24)18(10-11-22)17-8-9-20(25-3)21(13-17)26-4/h6-10,12-13H,5H2,1-4H3,(H,23,24). The highest BCUT2D eigenvalue weighted by Gasteiger charge is 2.12. The van der Waals surface area contributed by atoms with Gasteiger partial charge in [-0.25, -0.2) is 0 Å². The minimum atomic E-state index is -0.131. The van der Waals surface area contributed by atoms with E-state index >= 15 is 0 Å². The summed E-state index contributed by atoms with van der Waals surface area (Å²) in [7, 11) is 3.15. The highest BCUT2D eigenvalue weighted by atomic mass is 16.5. The molecule has 26 heavy (non-hydrogen) atoms. The fourth-order valence-corrected chi connectivity index (χ4v) is 2.76. The minimum absolute atomic E-state index is 0.131. The molecule has 0 aliphatic carbocycles.